The predicted molar refractivity (Wildman–Crippen MR) is 149 cm³/mol. The normalized spacial score (nSPS) is 18.9. The molecule has 0 radical (unpaired) electrons. The standard InChI is InChI=1S/C28H30N4O8S/c1-16-15-41-25-21(29-23(33)20(18-8-6-5-7-9-18)30-27(36)40-28(2,3)4)24(34)31(25)22(16)26(35)39-14-17-10-12-19(13-11-17)32(37)38/h5-13,20-21,25H,14-15H2,1-4H3,(H,29,33)(H,30,36)/t20?,21?,25-/m0/s1. The minimum atomic E-state index is -1.12. The topological polar surface area (TPSA) is 157 Å². The van der Waals surface area contributed by atoms with Gasteiger partial charge in [0.1, 0.15) is 35.4 Å². The molecule has 2 aromatic carbocycles. The van der Waals surface area contributed by atoms with E-state index >= 15 is 0 Å². The highest BCUT2D eigenvalue weighted by molar-refractivity contribution is 8.00. The molecule has 0 saturated carbocycles. The van der Waals surface area contributed by atoms with Crippen LogP contribution in [-0.2, 0) is 30.5 Å². The number of fused-ring (bicyclic) bond motifs is 1. The van der Waals surface area contributed by atoms with Crippen molar-refractivity contribution in [2.45, 2.75) is 57.4 Å². The van der Waals surface area contributed by atoms with Crippen molar-refractivity contribution in [3.63, 3.8) is 0 Å². The summed E-state index contributed by atoms with van der Waals surface area (Å²) in [6.45, 7) is 6.70. The molecule has 4 rings (SSSR count). The van der Waals surface area contributed by atoms with Crippen LogP contribution in [0.1, 0.15) is 44.9 Å². The average molecular weight is 583 g/mol. The van der Waals surface area contributed by atoms with Crippen molar-refractivity contribution in [3.05, 3.63) is 87.1 Å². The van der Waals surface area contributed by atoms with Gasteiger partial charge in [-0.15, -0.1) is 11.8 Å². The molecule has 2 N–H and O–H groups in total. The van der Waals surface area contributed by atoms with Gasteiger partial charge in [0.25, 0.3) is 11.6 Å². The summed E-state index contributed by atoms with van der Waals surface area (Å²) in [6.07, 6.45) is -0.785. The molecule has 1 saturated heterocycles. The fourth-order valence-corrected chi connectivity index (χ4v) is 5.59. The van der Waals surface area contributed by atoms with E-state index in [2.05, 4.69) is 10.6 Å². The number of esters is 1. The molecule has 2 aromatic rings. The summed E-state index contributed by atoms with van der Waals surface area (Å²) in [6, 6.07) is 12.1. The van der Waals surface area contributed by atoms with E-state index in [1.54, 1.807) is 58.0 Å². The van der Waals surface area contributed by atoms with Crippen LogP contribution in [0.4, 0.5) is 10.5 Å². The number of β-lactam (4-membered cyclic amide) rings is 1. The summed E-state index contributed by atoms with van der Waals surface area (Å²) >= 11 is 1.39. The van der Waals surface area contributed by atoms with Crippen LogP contribution in [0.5, 0.6) is 0 Å². The first-order chi connectivity index (χ1) is 19.4. The second kappa shape index (κ2) is 12.0. The zero-order chi connectivity index (χ0) is 29.9. The lowest BCUT2D eigenvalue weighted by atomic mass is 10.0. The van der Waals surface area contributed by atoms with Crippen LogP contribution in [-0.4, -0.2) is 56.5 Å². The van der Waals surface area contributed by atoms with Crippen LogP contribution >= 0.6 is 11.8 Å². The van der Waals surface area contributed by atoms with Crippen LogP contribution in [0, 0.1) is 10.1 Å². The van der Waals surface area contributed by atoms with E-state index < -0.39 is 51.9 Å². The first kappa shape index (κ1) is 29.6. The number of alkyl carbamates (subject to hydrolysis) is 1. The summed E-state index contributed by atoms with van der Waals surface area (Å²) in [5, 5.41) is 15.6. The number of nitrogens with zero attached hydrogens (tertiary/aromatic N) is 2. The number of thioether (sulfide) groups is 1. The molecule has 0 bridgehead atoms. The molecule has 13 heteroatoms. The Balaban J connectivity index is 1.43. The third kappa shape index (κ3) is 6.85. The molecule has 2 unspecified atom stereocenters. The number of benzene rings is 2. The number of rotatable bonds is 8. The van der Waals surface area contributed by atoms with E-state index in [0.717, 1.165) is 0 Å². The molecule has 0 aromatic heterocycles. The van der Waals surface area contributed by atoms with Crippen LogP contribution in [0.15, 0.2) is 65.9 Å². The summed E-state index contributed by atoms with van der Waals surface area (Å²) in [5.41, 5.74) is 0.944. The van der Waals surface area contributed by atoms with Crippen molar-refractivity contribution in [2.24, 2.45) is 0 Å². The number of ether oxygens (including phenoxy) is 2. The second-order valence-electron chi connectivity index (χ2n) is 10.5. The Labute approximate surface area is 240 Å². The molecule has 216 valence electrons. The van der Waals surface area contributed by atoms with E-state index in [-0.39, 0.29) is 18.0 Å². The molecule has 0 spiro atoms. The van der Waals surface area contributed by atoms with Gasteiger partial charge in [0.05, 0.1) is 4.92 Å². The number of nitro benzene ring substituents is 1. The van der Waals surface area contributed by atoms with Crippen LogP contribution in [0.25, 0.3) is 0 Å². The summed E-state index contributed by atoms with van der Waals surface area (Å²) < 4.78 is 10.7. The van der Waals surface area contributed by atoms with Gasteiger partial charge in [0, 0.05) is 17.9 Å². The van der Waals surface area contributed by atoms with Gasteiger partial charge in [-0.1, -0.05) is 30.3 Å². The quantitative estimate of drug-likeness (QED) is 0.205. The van der Waals surface area contributed by atoms with Crippen molar-refractivity contribution in [1.29, 1.82) is 0 Å². The number of carbonyl (C=O) groups is 4. The molecule has 0 aliphatic carbocycles. The summed E-state index contributed by atoms with van der Waals surface area (Å²) in [4.78, 5) is 63.7. The van der Waals surface area contributed by atoms with Gasteiger partial charge >= 0.3 is 12.1 Å². The van der Waals surface area contributed by atoms with Crippen molar-refractivity contribution < 1.29 is 33.6 Å². The Morgan fingerprint density at radius 3 is 2.39 bits per heavy atom. The number of amides is 3. The molecular formula is C28H30N4O8S. The number of carbonyl (C=O) groups excluding carboxylic acids is 4. The molecule has 2 aliphatic rings. The van der Waals surface area contributed by atoms with Crippen molar-refractivity contribution in [2.75, 3.05) is 5.75 Å². The van der Waals surface area contributed by atoms with Gasteiger partial charge in [-0.25, -0.2) is 9.59 Å². The molecular weight excluding hydrogens is 552 g/mol. The second-order valence-corrected chi connectivity index (χ2v) is 11.6. The largest absolute Gasteiger partial charge is 0.456 e. The zero-order valence-corrected chi connectivity index (χ0v) is 23.7. The van der Waals surface area contributed by atoms with E-state index in [1.807, 2.05) is 0 Å². The van der Waals surface area contributed by atoms with E-state index in [4.69, 9.17) is 9.47 Å². The highest BCUT2D eigenvalue weighted by Crippen LogP contribution is 2.40. The van der Waals surface area contributed by atoms with Crippen LogP contribution < -0.4 is 10.6 Å². The highest BCUT2D eigenvalue weighted by Gasteiger charge is 2.54. The maximum absolute atomic E-state index is 13.4. The maximum Gasteiger partial charge on any atom is 0.408 e. The Morgan fingerprint density at radius 2 is 1.78 bits per heavy atom. The predicted octanol–water partition coefficient (Wildman–Crippen LogP) is 3.58. The van der Waals surface area contributed by atoms with E-state index in [0.29, 0.717) is 22.5 Å². The lowest BCUT2D eigenvalue weighted by Crippen LogP contribution is -2.71. The zero-order valence-electron chi connectivity index (χ0n) is 22.9. The Kier molecular flexibility index (Phi) is 8.66. The number of non-ortho nitro benzene ring substituents is 1. The van der Waals surface area contributed by atoms with Gasteiger partial charge < -0.3 is 20.1 Å². The average Bonchev–Trinajstić information content (AvgIpc) is 2.92. The first-order valence-electron chi connectivity index (χ1n) is 12.8. The Morgan fingerprint density at radius 1 is 1.12 bits per heavy atom. The van der Waals surface area contributed by atoms with Gasteiger partial charge in [-0.2, -0.15) is 0 Å². The van der Waals surface area contributed by atoms with Gasteiger partial charge in [0.2, 0.25) is 5.91 Å². The number of nitrogens with one attached hydrogen (secondary N) is 2. The molecule has 2 aliphatic heterocycles. The highest BCUT2D eigenvalue weighted by atomic mass is 32.2. The molecule has 12 nitrogen and oxygen atoms in total. The molecule has 1 fully saturated rings. The Hall–Kier alpha value is -4.39. The van der Waals surface area contributed by atoms with E-state index in [1.165, 1.54) is 40.9 Å². The van der Waals surface area contributed by atoms with Gasteiger partial charge in [-0.3, -0.25) is 24.6 Å². The number of nitro groups is 1. The fraction of sp³-hybridized carbons (Fsp3) is 0.357. The lowest BCUT2D eigenvalue weighted by molar-refractivity contribution is -0.384. The smallest absolute Gasteiger partial charge is 0.408 e. The van der Waals surface area contributed by atoms with Gasteiger partial charge in [-0.05, 0) is 56.5 Å². The third-order valence-electron chi connectivity index (χ3n) is 6.22. The minimum absolute atomic E-state index is 0.0826. The van der Waals surface area contributed by atoms with Crippen molar-refractivity contribution in [1.82, 2.24) is 15.5 Å². The number of hydrogen-bond donors (Lipinski definition) is 2. The maximum atomic E-state index is 13.4. The molecule has 41 heavy (non-hydrogen) atoms. The van der Waals surface area contributed by atoms with E-state index in [9.17, 15) is 29.3 Å². The van der Waals surface area contributed by atoms with Crippen LogP contribution in [0.2, 0.25) is 0 Å². The molecule has 3 atom stereocenters. The summed E-state index contributed by atoms with van der Waals surface area (Å²) in [5.74, 6) is -1.37. The first-order valence-corrected chi connectivity index (χ1v) is 13.8. The van der Waals surface area contributed by atoms with Crippen molar-refractivity contribution in [3.8, 4) is 0 Å². The minimum Gasteiger partial charge on any atom is -0.456 e. The van der Waals surface area contributed by atoms with Crippen molar-refractivity contribution >= 4 is 41.3 Å². The van der Waals surface area contributed by atoms with Gasteiger partial charge in [0.15, 0.2) is 0 Å². The lowest BCUT2D eigenvalue weighted by Gasteiger charge is -2.49. The SMILES string of the molecule is CC1=C(C(=O)OCc2ccc([N+](=O)[O-])cc2)N2C(=O)C(NC(=O)C(NC(=O)OC(C)(C)C)c3ccccc3)[C@@H]2SC1. The number of hydrogen-bond acceptors (Lipinski definition) is 9. The molecule has 2 heterocycles. The third-order valence-corrected chi connectivity index (χ3v) is 7.65. The summed E-state index contributed by atoms with van der Waals surface area (Å²) in [7, 11) is 0. The fourth-order valence-electron chi connectivity index (χ4n) is 4.30. The molecule has 3 amide bonds. The monoisotopic (exact) mass is 582 g/mol. The Bertz CT molecular complexity index is 1390. The van der Waals surface area contributed by atoms with Crippen LogP contribution in [0.3, 0.4) is 0 Å².